The highest BCUT2D eigenvalue weighted by Gasteiger charge is 2.30. The summed E-state index contributed by atoms with van der Waals surface area (Å²) in [6.45, 7) is 0. The van der Waals surface area contributed by atoms with Gasteiger partial charge in [0.25, 0.3) is 0 Å². The minimum atomic E-state index is -4.24. The van der Waals surface area contributed by atoms with E-state index in [9.17, 15) is 13.2 Å². The van der Waals surface area contributed by atoms with Gasteiger partial charge in [-0.1, -0.05) is 6.07 Å². The average molecular weight is 269 g/mol. The lowest BCUT2D eigenvalue weighted by molar-refractivity contribution is -0.138. The largest absolute Gasteiger partial charge is 0.390 e. The van der Waals surface area contributed by atoms with Crippen molar-refractivity contribution in [2.45, 2.75) is 18.6 Å². The van der Waals surface area contributed by atoms with Crippen LogP contribution in [0, 0.1) is 0 Å². The first-order valence-corrected chi connectivity index (χ1v) is 4.61. The molecular weight excluding hydrogens is 261 g/mol. The predicted octanol–water partition coefficient (Wildman–Crippen LogP) is 2.80. The first-order valence-electron chi connectivity index (χ1n) is 3.82. The number of alkyl halides is 3. The summed E-state index contributed by atoms with van der Waals surface area (Å²) in [4.78, 5) is 3.80. The van der Waals surface area contributed by atoms with E-state index in [0.717, 1.165) is 0 Å². The minimum absolute atomic E-state index is 0.380. The monoisotopic (exact) mass is 268 g/mol. The van der Waals surface area contributed by atoms with Crippen LogP contribution in [0.25, 0.3) is 0 Å². The van der Waals surface area contributed by atoms with Crippen molar-refractivity contribution in [1.82, 2.24) is 4.98 Å². The zero-order valence-electron chi connectivity index (χ0n) is 7.05. The summed E-state index contributed by atoms with van der Waals surface area (Å²) in [5, 5.41) is 0. The zero-order valence-corrected chi connectivity index (χ0v) is 8.64. The first kappa shape index (κ1) is 11.5. The molecule has 0 aliphatic rings. The van der Waals surface area contributed by atoms with Gasteiger partial charge in [0.2, 0.25) is 0 Å². The Morgan fingerprint density at radius 2 is 2.07 bits per heavy atom. The number of halogens is 4. The van der Waals surface area contributed by atoms with Crippen molar-refractivity contribution < 1.29 is 13.2 Å². The molecule has 2 nitrogen and oxygen atoms in total. The summed E-state index contributed by atoms with van der Waals surface area (Å²) < 4.78 is 36.5. The number of hydrogen-bond donors (Lipinski definition) is 1. The molecule has 0 aromatic carbocycles. The Bertz CT molecular complexity index is 296. The number of hydrogen-bond acceptors (Lipinski definition) is 2. The van der Waals surface area contributed by atoms with E-state index in [1.54, 1.807) is 6.07 Å². The molecule has 0 saturated heterocycles. The highest BCUT2D eigenvalue weighted by atomic mass is 79.9. The molecule has 0 saturated carbocycles. The molecule has 14 heavy (non-hydrogen) atoms. The van der Waals surface area contributed by atoms with E-state index in [1.165, 1.54) is 12.3 Å². The fraction of sp³-hybridized carbons (Fsp3) is 0.375. The van der Waals surface area contributed by atoms with Gasteiger partial charge in [-0.15, -0.1) is 0 Å². The number of aromatic nitrogens is 1. The van der Waals surface area contributed by atoms with Crippen molar-refractivity contribution in [2.75, 3.05) is 0 Å². The Balaban J connectivity index is 2.70. The molecule has 0 radical (unpaired) electrons. The van der Waals surface area contributed by atoms with Crippen molar-refractivity contribution >= 4 is 15.9 Å². The molecule has 0 unspecified atom stereocenters. The standard InChI is InChI=1S/C8H8BrF3N2/c9-7-2-1-5(4-14-7)6(13)3-8(10,11)12/h1-2,4,6H,3,13H2/t6-/m1/s1. The number of nitrogens with zero attached hydrogens (tertiary/aromatic N) is 1. The van der Waals surface area contributed by atoms with E-state index in [-0.39, 0.29) is 0 Å². The fourth-order valence-corrected chi connectivity index (χ4v) is 1.21. The van der Waals surface area contributed by atoms with Crippen molar-refractivity contribution in [2.24, 2.45) is 5.73 Å². The summed E-state index contributed by atoms with van der Waals surface area (Å²) in [6.07, 6.45) is -3.94. The van der Waals surface area contributed by atoms with E-state index in [4.69, 9.17) is 5.73 Å². The van der Waals surface area contributed by atoms with Crippen molar-refractivity contribution in [3.63, 3.8) is 0 Å². The lowest BCUT2D eigenvalue weighted by atomic mass is 10.1. The smallest absolute Gasteiger partial charge is 0.324 e. The van der Waals surface area contributed by atoms with E-state index in [1.807, 2.05) is 0 Å². The van der Waals surface area contributed by atoms with Gasteiger partial charge in [-0.3, -0.25) is 0 Å². The maximum atomic E-state index is 12.0. The molecule has 0 bridgehead atoms. The zero-order chi connectivity index (χ0) is 10.8. The molecule has 1 heterocycles. The van der Waals surface area contributed by atoms with Crippen LogP contribution in [-0.4, -0.2) is 11.2 Å². The molecule has 1 atom stereocenters. The van der Waals surface area contributed by atoms with Crippen molar-refractivity contribution in [3.8, 4) is 0 Å². The maximum Gasteiger partial charge on any atom is 0.390 e. The second-order valence-electron chi connectivity index (χ2n) is 2.84. The topological polar surface area (TPSA) is 38.9 Å². The Morgan fingerprint density at radius 3 is 2.50 bits per heavy atom. The molecule has 0 aliphatic carbocycles. The average Bonchev–Trinajstić information content (AvgIpc) is 2.02. The van der Waals surface area contributed by atoms with Gasteiger partial charge in [-0.25, -0.2) is 4.98 Å². The van der Waals surface area contributed by atoms with Crippen LogP contribution in [0.5, 0.6) is 0 Å². The normalized spacial score (nSPS) is 14.1. The summed E-state index contributed by atoms with van der Waals surface area (Å²) >= 11 is 3.08. The van der Waals surface area contributed by atoms with Gasteiger partial charge >= 0.3 is 6.18 Å². The van der Waals surface area contributed by atoms with Gasteiger partial charge in [-0.05, 0) is 27.6 Å². The first-order chi connectivity index (χ1) is 6.38. The van der Waals surface area contributed by atoms with Gasteiger partial charge in [0.1, 0.15) is 4.60 Å². The van der Waals surface area contributed by atoms with Crippen LogP contribution in [0.3, 0.4) is 0 Å². The van der Waals surface area contributed by atoms with Crippen LogP contribution in [0.2, 0.25) is 0 Å². The van der Waals surface area contributed by atoms with Crippen LogP contribution < -0.4 is 5.73 Å². The van der Waals surface area contributed by atoms with Crippen LogP contribution in [0.4, 0.5) is 13.2 Å². The molecular formula is C8H8BrF3N2. The molecule has 1 aromatic rings. The summed E-state index contributed by atoms with van der Waals surface area (Å²) in [6, 6.07) is 2.04. The molecule has 0 spiro atoms. The quantitative estimate of drug-likeness (QED) is 0.838. The molecule has 0 fully saturated rings. The van der Waals surface area contributed by atoms with Gasteiger partial charge in [0.15, 0.2) is 0 Å². The van der Waals surface area contributed by atoms with Crippen molar-refractivity contribution in [1.29, 1.82) is 0 Å². The highest BCUT2D eigenvalue weighted by Crippen LogP contribution is 2.27. The third kappa shape index (κ3) is 3.63. The van der Waals surface area contributed by atoms with Gasteiger partial charge in [-0.2, -0.15) is 13.2 Å². The summed E-state index contributed by atoms with van der Waals surface area (Å²) in [5.41, 5.74) is 5.74. The van der Waals surface area contributed by atoms with Crippen LogP contribution in [0.1, 0.15) is 18.0 Å². The van der Waals surface area contributed by atoms with Crippen LogP contribution in [-0.2, 0) is 0 Å². The second-order valence-corrected chi connectivity index (χ2v) is 3.65. The maximum absolute atomic E-state index is 12.0. The third-order valence-corrected chi connectivity index (χ3v) is 2.10. The summed E-state index contributed by atoms with van der Waals surface area (Å²) in [7, 11) is 0. The highest BCUT2D eigenvalue weighted by molar-refractivity contribution is 9.10. The van der Waals surface area contributed by atoms with Crippen LogP contribution in [0.15, 0.2) is 22.9 Å². The van der Waals surface area contributed by atoms with E-state index >= 15 is 0 Å². The molecule has 1 rings (SSSR count). The molecule has 1 aromatic heterocycles. The summed E-state index contributed by atoms with van der Waals surface area (Å²) in [5.74, 6) is 0. The molecule has 0 aliphatic heterocycles. The molecule has 2 N–H and O–H groups in total. The Kier molecular flexibility index (Phi) is 3.49. The Labute approximate surface area is 87.4 Å². The number of pyridine rings is 1. The lowest BCUT2D eigenvalue weighted by Crippen LogP contribution is -2.20. The Morgan fingerprint density at radius 1 is 1.43 bits per heavy atom. The fourth-order valence-electron chi connectivity index (χ4n) is 0.974. The van der Waals surface area contributed by atoms with Crippen LogP contribution >= 0.6 is 15.9 Å². The third-order valence-electron chi connectivity index (χ3n) is 1.63. The molecule has 78 valence electrons. The minimum Gasteiger partial charge on any atom is -0.324 e. The van der Waals surface area contributed by atoms with E-state index in [0.29, 0.717) is 10.2 Å². The number of rotatable bonds is 2. The van der Waals surface area contributed by atoms with E-state index in [2.05, 4.69) is 20.9 Å². The lowest BCUT2D eigenvalue weighted by Gasteiger charge is -2.13. The van der Waals surface area contributed by atoms with Gasteiger partial charge in [0.05, 0.1) is 6.42 Å². The SMILES string of the molecule is N[C@H](CC(F)(F)F)c1ccc(Br)nc1. The Hall–Kier alpha value is -0.620. The van der Waals surface area contributed by atoms with Gasteiger partial charge in [0, 0.05) is 12.2 Å². The van der Waals surface area contributed by atoms with Gasteiger partial charge < -0.3 is 5.73 Å². The predicted molar refractivity (Wildman–Crippen MR) is 49.5 cm³/mol. The second kappa shape index (κ2) is 4.27. The van der Waals surface area contributed by atoms with Crippen molar-refractivity contribution in [3.05, 3.63) is 28.5 Å². The molecule has 6 heteroatoms. The van der Waals surface area contributed by atoms with E-state index < -0.39 is 18.6 Å². The number of nitrogens with two attached hydrogens (primary N) is 1. The molecule has 0 amide bonds.